The number of rotatable bonds is 5. The summed E-state index contributed by atoms with van der Waals surface area (Å²) in [6, 6.07) is 12.3. The van der Waals surface area contributed by atoms with Gasteiger partial charge in [-0.3, -0.25) is 0 Å². The number of aryl methyl sites for hydroxylation is 2. The molecule has 0 amide bonds. The van der Waals surface area contributed by atoms with Crippen LogP contribution >= 0.6 is 0 Å². The number of benzene rings is 2. The van der Waals surface area contributed by atoms with Gasteiger partial charge >= 0.3 is 0 Å². The molecule has 0 N–H and O–H groups in total. The largest absolute Gasteiger partial charge is 0.164 e. The van der Waals surface area contributed by atoms with E-state index in [1.165, 1.54) is 39.6 Å². The predicted molar refractivity (Wildman–Crippen MR) is 179 cm³/mol. The number of fused-ring (bicyclic) bond motifs is 2. The molecule has 1 aliphatic carbocycles. The van der Waals surface area contributed by atoms with Crippen molar-refractivity contribution >= 4 is 16.8 Å². The first-order valence-corrected chi connectivity index (χ1v) is 15.9. The predicted octanol–water partition coefficient (Wildman–Crippen LogP) is 11.8. The van der Waals surface area contributed by atoms with Crippen LogP contribution < -0.4 is 0 Å². The molecule has 0 heterocycles. The van der Waals surface area contributed by atoms with Crippen LogP contribution in [0.25, 0.3) is 16.8 Å². The first-order chi connectivity index (χ1) is 18.3. The smallest absolute Gasteiger partial charge is 0.00561 e. The van der Waals surface area contributed by atoms with Gasteiger partial charge in [0.05, 0.1) is 0 Å². The van der Waals surface area contributed by atoms with E-state index in [9.17, 15) is 0 Å². The summed E-state index contributed by atoms with van der Waals surface area (Å²) in [6.45, 7) is 33.3. The molecule has 222 valence electrons. The second-order valence-electron chi connectivity index (χ2n) is 16.6. The van der Waals surface area contributed by atoms with Crippen LogP contribution in [0, 0.1) is 0 Å². The van der Waals surface area contributed by atoms with E-state index in [4.69, 9.17) is 0 Å². The number of allylic oxidation sites excluding steroid dienone is 1. The normalized spacial score (nSPS) is 16.1. The van der Waals surface area contributed by atoms with Crippen molar-refractivity contribution in [1.29, 1.82) is 0 Å². The maximum atomic E-state index is 2.58. The number of hydrogen-bond donors (Lipinski definition) is 0. The van der Waals surface area contributed by atoms with Crippen LogP contribution in [0.3, 0.4) is 0 Å². The Morgan fingerprint density at radius 3 is 1.61 bits per heavy atom. The summed E-state index contributed by atoms with van der Waals surface area (Å²) in [5.41, 5.74) is 14.5. The van der Waals surface area contributed by atoms with E-state index in [1.54, 1.807) is 27.6 Å². The molecular formula is C40H57Hf-. The molecule has 1 unspecified atom stereocenters. The molecule has 1 atom stereocenters. The molecule has 0 aliphatic heterocycles. The second kappa shape index (κ2) is 11.6. The zero-order chi connectivity index (χ0) is 30.0. The molecule has 0 nitrogen and oxygen atoms in total. The molecule has 0 fully saturated rings. The fraction of sp³-hybridized carbons (Fsp3) is 0.575. The minimum Gasteiger partial charge on any atom is -0.164 e. The topological polar surface area (TPSA) is 0 Å². The Balaban J connectivity index is 0.00000462. The summed E-state index contributed by atoms with van der Waals surface area (Å²) in [6.07, 6.45) is 7.11. The molecule has 1 heteroatoms. The molecular weight excluding hydrogens is 659 g/mol. The number of hydrogen-bond acceptors (Lipinski definition) is 0. The standard InChI is InChI=1S/C40H57.Hf/c1-15-25-23-29-31(37(3,4)5)19-21-33(39(9,10)11)35(29)27(25)17-18-28-26(16-2)24-30-32(38(6,7)8)20-22-34(36(28)30)40(12,13)14;/h19-24,27H,15-18H2,1-14H3;/q-1;. The summed E-state index contributed by atoms with van der Waals surface area (Å²) in [5, 5.41) is 3.05. The quantitative estimate of drug-likeness (QED) is 0.182. The Kier molecular flexibility index (Phi) is 9.69. The SMILES string of the molecule is CCC1=Cc2c(C(C)(C)C)ccc(C(C)(C)C)c2C1CC[c-]1c(CC)cc2c(C(C)(C)C)ccc(C(C)(C)C)c21.[Hf]. The average Bonchev–Trinajstić information content (AvgIpc) is 3.36. The first-order valence-electron chi connectivity index (χ1n) is 15.9. The molecule has 3 aromatic carbocycles. The van der Waals surface area contributed by atoms with Crippen molar-refractivity contribution in [2.75, 3.05) is 0 Å². The van der Waals surface area contributed by atoms with Crippen LogP contribution in [0.15, 0.2) is 35.9 Å². The third-order valence-electron chi connectivity index (χ3n) is 9.37. The molecule has 0 bridgehead atoms. The fourth-order valence-electron chi connectivity index (χ4n) is 7.31. The Labute approximate surface area is 271 Å². The van der Waals surface area contributed by atoms with Crippen molar-refractivity contribution in [3.05, 3.63) is 80.4 Å². The average molecular weight is 716 g/mol. The third-order valence-corrected chi connectivity index (χ3v) is 9.37. The van der Waals surface area contributed by atoms with Gasteiger partial charge in [-0.25, -0.2) is 0 Å². The Hall–Kier alpha value is -1.34. The van der Waals surface area contributed by atoms with Crippen molar-refractivity contribution in [2.24, 2.45) is 0 Å². The van der Waals surface area contributed by atoms with Crippen LogP contribution in [-0.4, -0.2) is 0 Å². The molecule has 41 heavy (non-hydrogen) atoms. The first kappa shape index (κ1) is 34.2. The van der Waals surface area contributed by atoms with Gasteiger partial charge in [-0.2, -0.15) is 6.07 Å². The van der Waals surface area contributed by atoms with E-state index in [1.807, 2.05) is 0 Å². The summed E-state index contributed by atoms with van der Waals surface area (Å²) < 4.78 is 0. The molecule has 0 spiro atoms. The van der Waals surface area contributed by atoms with E-state index < -0.39 is 0 Å². The molecule has 0 radical (unpaired) electrons. The van der Waals surface area contributed by atoms with E-state index in [-0.39, 0.29) is 47.5 Å². The second-order valence-corrected chi connectivity index (χ2v) is 16.6. The van der Waals surface area contributed by atoms with Crippen LogP contribution in [0.4, 0.5) is 0 Å². The van der Waals surface area contributed by atoms with Gasteiger partial charge in [0.2, 0.25) is 0 Å². The fourth-order valence-corrected chi connectivity index (χ4v) is 7.31. The molecule has 4 rings (SSSR count). The molecule has 0 aromatic heterocycles. The van der Waals surface area contributed by atoms with Crippen molar-refractivity contribution in [1.82, 2.24) is 0 Å². The maximum absolute atomic E-state index is 2.58. The van der Waals surface area contributed by atoms with Crippen LogP contribution in [0.2, 0.25) is 0 Å². The Bertz CT molecular complexity index is 1430. The van der Waals surface area contributed by atoms with Crippen molar-refractivity contribution in [3.8, 4) is 0 Å². The maximum Gasteiger partial charge on any atom is 0.00561 e. The van der Waals surface area contributed by atoms with E-state index >= 15 is 0 Å². The van der Waals surface area contributed by atoms with Crippen molar-refractivity contribution in [3.63, 3.8) is 0 Å². The summed E-state index contributed by atoms with van der Waals surface area (Å²) >= 11 is 0. The van der Waals surface area contributed by atoms with Crippen LogP contribution in [-0.2, 0) is 60.3 Å². The molecule has 0 saturated heterocycles. The summed E-state index contributed by atoms with van der Waals surface area (Å²) in [5.74, 6) is 0.495. The van der Waals surface area contributed by atoms with Crippen LogP contribution in [0.1, 0.15) is 160 Å². The van der Waals surface area contributed by atoms with Crippen LogP contribution in [0.5, 0.6) is 0 Å². The van der Waals surface area contributed by atoms with E-state index in [2.05, 4.69) is 133 Å². The van der Waals surface area contributed by atoms with Gasteiger partial charge < -0.3 is 0 Å². The minimum absolute atomic E-state index is 0. The van der Waals surface area contributed by atoms with Gasteiger partial charge in [0.15, 0.2) is 0 Å². The van der Waals surface area contributed by atoms with Gasteiger partial charge in [-0.1, -0.05) is 139 Å². The van der Waals surface area contributed by atoms with Gasteiger partial charge in [-0.05, 0) is 63.2 Å². The molecule has 1 aliphatic rings. The molecule has 3 aromatic rings. The van der Waals surface area contributed by atoms with E-state index in [0.29, 0.717) is 5.92 Å². The summed E-state index contributed by atoms with van der Waals surface area (Å²) in [7, 11) is 0. The third kappa shape index (κ3) is 6.46. The Morgan fingerprint density at radius 1 is 0.634 bits per heavy atom. The van der Waals surface area contributed by atoms with Gasteiger partial charge in [0.1, 0.15) is 0 Å². The summed E-state index contributed by atoms with van der Waals surface area (Å²) in [4.78, 5) is 0. The van der Waals surface area contributed by atoms with Gasteiger partial charge in [-0.15, -0.1) is 33.5 Å². The minimum atomic E-state index is 0. The zero-order valence-corrected chi connectivity index (χ0v) is 32.5. The van der Waals surface area contributed by atoms with Gasteiger partial charge in [0.25, 0.3) is 0 Å². The van der Waals surface area contributed by atoms with Crippen molar-refractivity contribution < 1.29 is 25.8 Å². The van der Waals surface area contributed by atoms with E-state index in [0.717, 1.165) is 19.3 Å². The molecule has 0 saturated carbocycles. The monoisotopic (exact) mass is 717 g/mol. The van der Waals surface area contributed by atoms with Crippen molar-refractivity contribution in [2.45, 2.75) is 150 Å². The Morgan fingerprint density at radius 2 is 1.12 bits per heavy atom. The van der Waals surface area contributed by atoms with Gasteiger partial charge in [0, 0.05) is 31.8 Å². The zero-order valence-electron chi connectivity index (χ0n) is 28.9.